The van der Waals surface area contributed by atoms with Crippen molar-refractivity contribution in [2.75, 3.05) is 13.6 Å². The summed E-state index contributed by atoms with van der Waals surface area (Å²) in [5.74, 6) is 0.627. The number of rotatable bonds is 3. The molecule has 9 unspecified atom stereocenters. The molecular formula is C24H39F2N3O2. The molecule has 2 N–H and O–H groups in total. The fraction of sp³-hybridized carbons (Fsp3) is 0.917. The maximum Gasteiger partial charge on any atom is 0.225 e. The van der Waals surface area contributed by atoms with Crippen LogP contribution < -0.4 is 10.6 Å². The monoisotopic (exact) mass is 439 g/mol. The zero-order valence-electron chi connectivity index (χ0n) is 19.2. The molecule has 0 aromatic heterocycles. The smallest absolute Gasteiger partial charge is 0.225 e. The summed E-state index contributed by atoms with van der Waals surface area (Å²) >= 11 is 0. The van der Waals surface area contributed by atoms with Crippen LogP contribution in [-0.2, 0) is 9.59 Å². The van der Waals surface area contributed by atoms with Crippen LogP contribution in [0.4, 0.5) is 8.78 Å². The van der Waals surface area contributed by atoms with Crippen molar-refractivity contribution in [3.63, 3.8) is 0 Å². The average molecular weight is 440 g/mol. The van der Waals surface area contributed by atoms with E-state index in [4.69, 9.17) is 0 Å². The van der Waals surface area contributed by atoms with E-state index >= 15 is 0 Å². The average Bonchev–Trinajstić information content (AvgIpc) is 2.72. The molecule has 4 aliphatic rings. The minimum Gasteiger partial charge on any atom is -0.353 e. The van der Waals surface area contributed by atoms with Crippen LogP contribution >= 0.6 is 0 Å². The zero-order chi connectivity index (χ0) is 22.3. The first-order valence-corrected chi connectivity index (χ1v) is 12.3. The van der Waals surface area contributed by atoms with E-state index in [1.165, 1.54) is 0 Å². The van der Waals surface area contributed by atoms with E-state index in [1.54, 1.807) is 0 Å². The summed E-state index contributed by atoms with van der Waals surface area (Å²) < 4.78 is 27.5. The van der Waals surface area contributed by atoms with Crippen molar-refractivity contribution in [2.24, 2.45) is 29.6 Å². The molecule has 2 saturated heterocycles. The topological polar surface area (TPSA) is 61.4 Å². The molecule has 5 nitrogen and oxygen atoms in total. The van der Waals surface area contributed by atoms with Crippen molar-refractivity contribution in [3.8, 4) is 0 Å². The lowest BCUT2D eigenvalue weighted by atomic mass is 9.65. The molecule has 31 heavy (non-hydrogen) atoms. The summed E-state index contributed by atoms with van der Waals surface area (Å²) in [6.45, 7) is 5.36. The normalized spacial score (nSPS) is 46.4. The number of alkyl halides is 2. The number of amides is 2. The summed E-state index contributed by atoms with van der Waals surface area (Å²) in [6.07, 6.45) is 2.25. The molecular weight excluding hydrogens is 400 g/mol. The molecule has 0 spiro atoms. The standard InChI is InChI=1S/C24H39F2N3O2/c1-13-4-5-19(28-23(30)15-7-17(25)10-18(26)8-15)11-20(13)21-9-16-12-27-14(2)6-22(16)29(3)24(21)31/h13-22,27H,4-12H2,1-3H3,(H,28,30). The van der Waals surface area contributed by atoms with E-state index in [0.29, 0.717) is 23.9 Å². The molecule has 4 fully saturated rings. The number of carbonyl (C=O) groups excluding carboxylic acids is 2. The number of nitrogens with zero attached hydrogens (tertiary/aromatic N) is 1. The largest absolute Gasteiger partial charge is 0.353 e. The first-order chi connectivity index (χ1) is 14.7. The molecule has 0 radical (unpaired) electrons. The van der Waals surface area contributed by atoms with Gasteiger partial charge < -0.3 is 15.5 Å². The molecule has 4 rings (SSSR count). The molecule has 0 aromatic rings. The van der Waals surface area contributed by atoms with Crippen molar-refractivity contribution < 1.29 is 18.4 Å². The van der Waals surface area contributed by atoms with Crippen LogP contribution in [0, 0.1) is 29.6 Å². The van der Waals surface area contributed by atoms with Gasteiger partial charge in [0.25, 0.3) is 0 Å². The first kappa shape index (κ1) is 22.9. The maximum atomic E-state index is 13.8. The highest BCUT2D eigenvalue weighted by atomic mass is 19.1. The van der Waals surface area contributed by atoms with Crippen LogP contribution in [0.3, 0.4) is 0 Å². The predicted molar refractivity (Wildman–Crippen MR) is 116 cm³/mol. The number of likely N-dealkylation sites (tertiary alicyclic amines) is 1. The molecule has 2 saturated carbocycles. The number of nitrogens with one attached hydrogen (secondary N) is 2. The summed E-state index contributed by atoms with van der Waals surface area (Å²) in [6, 6.07) is 0.754. The Morgan fingerprint density at radius 1 is 1.03 bits per heavy atom. The van der Waals surface area contributed by atoms with Gasteiger partial charge in [0.1, 0.15) is 12.3 Å². The number of halogens is 2. The van der Waals surface area contributed by atoms with Gasteiger partial charge in [-0.2, -0.15) is 0 Å². The maximum absolute atomic E-state index is 13.8. The highest BCUT2D eigenvalue weighted by Gasteiger charge is 2.47. The molecule has 176 valence electrons. The third-order valence-electron chi connectivity index (χ3n) is 8.67. The fourth-order valence-corrected chi connectivity index (χ4v) is 6.82. The number of hydrogen-bond donors (Lipinski definition) is 2. The third kappa shape index (κ3) is 4.91. The minimum atomic E-state index is -1.23. The Labute approximate surface area is 185 Å². The number of piperidine rings is 2. The van der Waals surface area contributed by atoms with Crippen LogP contribution in [0.15, 0.2) is 0 Å². The van der Waals surface area contributed by atoms with E-state index in [0.717, 1.165) is 38.6 Å². The second kappa shape index (κ2) is 9.32. The number of hydrogen-bond acceptors (Lipinski definition) is 3. The van der Waals surface area contributed by atoms with Gasteiger partial charge in [0, 0.05) is 50.0 Å². The SMILES string of the molecule is CC1CC2C(CN1)CC(C1CC(NC(=O)C3CC(F)CC(F)C3)CCC1C)C(=O)N2C. The highest BCUT2D eigenvalue weighted by molar-refractivity contribution is 5.81. The predicted octanol–water partition coefficient (Wildman–Crippen LogP) is 3.23. The second-order valence-electron chi connectivity index (χ2n) is 10.9. The Hall–Kier alpha value is -1.24. The van der Waals surface area contributed by atoms with E-state index in [1.807, 2.05) is 11.9 Å². The van der Waals surface area contributed by atoms with Gasteiger partial charge in [0.15, 0.2) is 0 Å². The fourth-order valence-electron chi connectivity index (χ4n) is 6.82. The molecule has 0 bridgehead atoms. The lowest BCUT2D eigenvalue weighted by molar-refractivity contribution is -0.148. The molecule has 2 aliphatic heterocycles. The molecule has 2 heterocycles. The summed E-state index contributed by atoms with van der Waals surface area (Å²) in [5, 5.41) is 6.67. The van der Waals surface area contributed by atoms with Crippen molar-refractivity contribution in [1.82, 2.24) is 15.5 Å². The third-order valence-corrected chi connectivity index (χ3v) is 8.67. The van der Waals surface area contributed by atoms with E-state index < -0.39 is 18.3 Å². The second-order valence-corrected chi connectivity index (χ2v) is 10.9. The van der Waals surface area contributed by atoms with E-state index in [-0.39, 0.29) is 49.0 Å². The van der Waals surface area contributed by atoms with Gasteiger partial charge in [-0.1, -0.05) is 6.92 Å². The van der Waals surface area contributed by atoms with Crippen LogP contribution in [0.5, 0.6) is 0 Å². The number of fused-ring (bicyclic) bond motifs is 1. The Balaban J connectivity index is 1.39. The molecule has 9 atom stereocenters. The Morgan fingerprint density at radius 3 is 2.45 bits per heavy atom. The molecule has 2 amide bonds. The van der Waals surface area contributed by atoms with Gasteiger partial charge in [-0.15, -0.1) is 0 Å². The zero-order valence-corrected chi connectivity index (χ0v) is 19.2. The summed E-state index contributed by atoms with van der Waals surface area (Å²) in [7, 11) is 1.96. The summed E-state index contributed by atoms with van der Waals surface area (Å²) in [5.41, 5.74) is 0. The Morgan fingerprint density at radius 2 is 1.74 bits per heavy atom. The van der Waals surface area contributed by atoms with Crippen LogP contribution in [0.1, 0.15) is 65.2 Å². The lowest BCUT2D eigenvalue weighted by Gasteiger charge is -2.50. The summed E-state index contributed by atoms with van der Waals surface area (Å²) in [4.78, 5) is 28.0. The lowest BCUT2D eigenvalue weighted by Crippen LogP contribution is -2.60. The van der Waals surface area contributed by atoms with Crippen molar-refractivity contribution in [1.29, 1.82) is 0 Å². The van der Waals surface area contributed by atoms with Crippen LogP contribution in [-0.4, -0.2) is 60.8 Å². The highest BCUT2D eigenvalue weighted by Crippen LogP contribution is 2.43. The molecule has 0 aromatic carbocycles. The van der Waals surface area contributed by atoms with Crippen molar-refractivity contribution in [2.45, 2.75) is 95.7 Å². The van der Waals surface area contributed by atoms with Crippen LogP contribution in [0.25, 0.3) is 0 Å². The Kier molecular flexibility index (Phi) is 6.90. The van der Waals surface area contributed by atoms with Crippen LogP contribution in [0.2, 0.25) is 0 Å². The quantitative estimate of drug-likeness (QED) is 0.710. The Bertz CT molecular complexity index is 667. The van der Waals surface area contributed by atoms with Gasteiger partial charge in [-0.3, -0.25) is 9.59 Å². The molecule has 7 heteroatoms. The van der Waals surface area contributed by atoms with Gasteiger partial charge in [-0.25, -0.2) is 8.78 Å². The van der Waals surface area contributed by atoms with E-state index in [2.05, 4.69) is 24.5 Å². The van der Waals surface area contributed by atoms with Gasteiger partial charge in [0.2, 0.25) is 11.8 Å². The van der Waals surface area contributed by atoms with Crippen molar-refractivity contribution >= 4 is 11.8 Å². The van der Waals surface area contributed by atoms with Gasteiger partial charge in [0.05, 0.1) is 0 Å². The van der Waals surface area contributed by atoms with E-state index in [9.17, 15) is 18.4 Å². The van der Waals surface area contributed by atoms with Gasteiger partial charge in [-0.05, 0) is 69.6 Å². The van der Waals surface area contributed by atoms with Crippen molar-refractivity contribution in [3.05, 3.63) is 0 Å². The number of carbonyl (C=O) groups is 2. The van der Waals surface area contributed by atoms with Gasteiger partial charge >= 0.3 is 0 Å². The first-order valence-electron chi connectivity index (χ1n) is 12.3. The minimum absolute atomic E-state index is 0.00344. The molecule has 2 aliphatic carbocycles.